The summed E-state index contributed by atoms with van der Waals surface area (Å²) in [4.78, 5) is 13.9. The maximum atomic E-state index is 12.8. The van der Waals surface area contributed by atoms with Crippen LogP contribution in [0, 0.1) is 0 Å². The number of likely N-dealkylation sites (tertiary alicyclic amines) is 1. The first-order valence-corrected chi connectivity index (χ1v) is 9.68. The Hall–Kier alpha value is -2.58. The van der Waals surface area contributed by atoms with Gasteiger partial charge in [-0.1, -0.05) is 30.3 Å². The Bertz CT molecular complexity index is 827. The average molecular weight is 423 g/mol. The highest BCUT2D eigenvalue weighted by Crippen LogP contribution is 2.32. The molecule has 2 aromatic carbocycles. The SMILES string of the molecule is COC(=O)[C@@H]1C(O)CCN1CCC(Oc1ccc(C(F)(F)F)cc1)c1ccccc1. The first-order chi connectivity index (χ1) is 14.3. The summed E-state index contributed by atoms with van der Waals surface area (Å²) in [5.41, 5.74) is 0.129. The number of halogens is 3. The van der Waals surface area contributed by atoms with Crippen LogP contribution >= 0.6 is 0 Å². The number of ether oxygens (including phenoxy) is 2. The number of nitrogens with zero attached hydrogens (tertiary/aromatic N) is 1. The molecule has 5 nitrogen and oxygen atoms in total. The quantitative estimate of drug-likeness (QED) is 0.686. The van der Waals surface area contributed by atoms with E-state index in [4.69, 9.17) is 9.47 Å². The Morgan fingerprint density at radius 2 is 1.83 bits per heavy atom. The van der Waals surface area contributed by atoms with Crippen molar-refractivity contribution in [1.29, 1.82) is 0 Å². The number of carbonyl (C=O) groups is 1. The van der Waals surface area contributed by atoms with Crippen molar-refractivity contribution in [2.45, 2.75) is 37.3 Å². The molecule has 3 atom stereocenters. The molecule has 1 heterocycles. The minimum atomic E-state index is -4.41. The summed E-state index contributed by atoms with van der Waals surface area (Å²) in [6.45, 7) is 1.000. The first kappa shape index (κ1) is 22.1. The number of aliphatic hydroxyl groups excluding tert-OH is 1. The summed E-state index contributed by atoms with van der Waals surface area (Å²) >= 11 is 0. The number of esters is 1. The number of benzene rings is 2. The molecule has 0 amide bonds. The summed E-state index contributed by atoms with van der Waals surface area (Å²) in [5, 5.41) is 10.1. The van der Waals surface area contributed by atoms with Crippen LogP contribution in [0.5, 0.6) is 5.75 Å². The molecular weight excluding hydrogens is 399 g/mol. The molecule has 0 spiro atoms. The highest BCUT2D eigenvalue weighted by atomic mass is 19.4. The molecule has 1 aliphatic heterocycles. The van der Waals surface area contributed by atoms with Gasteiger partial charge in [0.2, 0.25) is 0 Å². The third-order valence-corrected chi connectivity index (χ3v) is 5.22. The van der Waals surface area contributed by atoms with Gasteiger partial charge in [0.05, 0.1) is 18.8 Å². The Labute approximate surface area is 173 Å². The van der Waals surface area contributed by atoms with Crippen LogP contribution in [0.4, 0.5) is 13.2 Å². The van der Waals surface area contributed by atoms with Crippen molar-refractivity contribution in [3.8, 4) is 5.75 Å². The largest absolute Gasteiger partial charge is 0.486 e. The van der Waals surface area contributed by atoms with Gasteiger partial charge in [0.1, 0.15) is 17.9 Å². The van der Waals surface area contributed by atoms with Crippen molar-refractivity contribution in [3.63, 3.8) is 0 Å². The number of carbonyl (C=O) groups excluding carboxylic acids is 1. The van der Waals surface area contributed by atoms with Gasteiger partial charge in [-0.2, -0.15) is 13.2 Å². The smallest absolute Gasteiger partial charge is 0.416 e. The van der Waals surface area contributed by atoms with Crippen molar-refractivity contribution in [3.05, 3.63) is 65.7 Å². The second kappa shape index (κ2) is 9.49. The predicted molar refractivity (Wildman–Crippen MR) is 104 cm³/mol. The normalized spacial score (nSPS) is 20.7. The first-order valence-electron chi connectivity index (χ1n) is 9.68. The van der Waals surface area contributed by atoms with Crippen LogP contribution in [0.1, 0.15) is 30.1 Å². The van der Waals surface area contributed by atoms with Crippen molar-refractivity contribution >= 4 is 5.97 Å². The van der Waals surface area contributed by atoms with Crippen molar-refractivity contribution in [2.75, 3.05) is 20.2 Å². The highest BCUT2D eigenvalue weighted by molar-refractivity contribution is 5.76. The molecule has 0 bridgehead atoms. The molecular formula is C22H24F3NO4. The van der Waals surface area contributed by atoms with Gasteiger partial charge in [-0.25, -0.2) is 0 Å². The summed E-state index contributed by atoms with van der Waals surface area (Å²) in [7, 11) is 1.28. The predicted octanol–water partition coefficient (Wildman–Crippen LogP) is 3.82. The average Bonchev–Trinajstić information content (AvgIpc) is 3.11. The van der Waals surface area contributed by atoms with Crippen LogP contribution in [0.3, 0.4) is 0 Å². The van der Waals surface area contributed by atoms with Gasteiger partial charge in [-0.15, -0.1) is 0 Å². The van der Waals surface area contributed by atoms with Crippen molar-refractivity contribution in [1.82, 2.24) is 4.90 Å². The molecule has 1 fully saturated rings. The molecule has 2 aromatic rings. The molecule has 3 rings (SSSR count). The molecule has 0 radical (unpaired) electrons. The van der Waals surface area contributed by atoms with E-state index in [1.807, 2.05) is 35.2 Å². The van der Waals surface area contributed by atoms with Crippen LogP contribution in [0.15, 0.2) is 54.6 Å². The standard InChI is InChI=1S/C22H24F3NO4/c1-29-21(28)20-18(27)11-13-26(20)14-12-19(15-5-3-2-4-6-15)30-17-9-7-16(8-10-17)22(23,24)25/h2-10,18-20,27H,11-14H2,1H3/t18?,19?,20-/m0/s1. The molecule has 1 N–H and O–H groups in total. The number of hydrogen-bond donors (Lipinski definition) is 1. The van der Waals surface area contributed by atoms with Crippen molar-refractivity contribution < 1.29 is 32.5 Å². The molecule has 0 saturated carbocycles. The lowest BCUT2D eigenvalue weighted by molar-refractivity contribution is -0.148. The van der Waals surface area contributed by atoms with Crippen LogP contribution in [0.2, 0.25) is 0 Å². The minimum absolute atomic E-state index is 0.322. The van der Waals surface area contributed by atoms with E-state index >= 15 is 0 Å². The van der Waals surface area contributed by atoms with Gasteiger partial charge in [-0.05, 0) is 36.2 Å². The van der Waals surface area contributed by atoms with E-state index in [2.05, 4.69) is 0 Å². The zero-order valence-corrected chi connectivity index (χ0v) is 16.5. The number of hydrogen-bond acceptors (Lipinski definition) is 5. The topological polar surface area (TPSA) is 59.0 Å². The van der Waals surface area contributed by atoms with Crippen molar-refractivity contribution in [2.24, 2.45) is 0 Å². The molecule has 1 aliphatic rings. The fourth-order valence-electron chi connectivity index (χ4n) is 3.65. The second-order valence-electron chi connectivity index (χ2n) is 7.19. The van der Waals surface area contributed by atoms with Crippen LogP contribution < -0.4 is 4.74 Å². The fraction of sp³-hybridized carbons (Fsp3) is 0.409. The van der Waals surface area contributed by atoms with E-state index in [1.54, 1.807) is 0 Å². The van der Waals surface area contributed by atoms with E-state index in [0.717, 1.165) is 17.7 Å². The van der Waals surface area contributed by atoms with Gasteiger partial charge >= 0.3 is 12.1 Å². The highest BCUT2D eigenvalue weighted by Gasteiger charge is 2.39. The Morgan fingerprint density at radius 1 is 1.17 bits per heavy atom. The minimum Gasteiger partial charge on any atom is -0.486 e. The second-order valence-corrected chi connectivity index (χ2v) is 7.19. The number of aliphatic hydroxyl groups is 1. The monoisotopic (exact) mass is 423 g/mol. The molecule has 0 aromatic heterocycles. The van der Waals surface area contributed by atoms with E-state index < -0.39 is 36.0 Å². The lowest BCUT2D eigenvalue weighted by Crippen LogP contribution is -2.43. The molecule has 1 saturated heterocycles. The van der Waals surface area contributed by atoms with Gasteiger partial charge in [0.15, 0.2) is 0 Å². The zero-order chi connectivity index (χ0) is 21.7. The molecule has 2 unspecified atom stereocenters. The van der Waals surface area contributed by atoms with E-state index in [9.17, 15) is 23.1 Å². The van der Waals surface area contributed by atoms with Crippen LogP contribution in [0.25, 0.3) is 0 Å². The van der Waals surface area contributed by atoms with E-state index in [1.165, 1.54) is 19.2 Å². The molecule has 0 aliphatic carbocycles. The summed E-state index contributed by atoms with van der Waals surface area (Å²) < 4.78 is 49.2. The third kappa shape index (κ3) is 5.31. The number of rotatable bonds is 7. The van der Waals surface area contributed by atoms with Crippen LogP contribution in [-0.2, 0) is 15.7 Å². The van der Waals surface area contributed by atoms with E-state index in [0.29, 0.717) is 31.7 Å². The molecule has 8 heteroatoms. The third-order valence-electron chi connectivity index (χ3n) is 5.22. The summed E-state index contributed by atoms with van der Waals surface area (Å²) in [5.74, 6) is -0.164. The molecule has 30 heavy (non-hydrogen) atoms. The zero-order valence-electron chi connectivity index (χ0n) is 16.5. The lowest BCUT2D eigenvalue weighted by atomic mass is 10.1. The van der Waals surface area contributed by atoms with Gasteiger partial charge in [0, 0.05) is 19.5 Å². The number of alkyl halides is 3. The Kier molecular flexibility index (Phi) is 6.99. The molecule has 162 valence electrons. The van der Waals surface area contributed by atoms with Gasteiger partial charge < -0.3 is 14.6 Å². The summed E-state index contributed by atoms with van der Waals surface area (Å²) in [6, 6.07) is 13.2. The maximum Gasteiger partial charge on any atom is 0.416 e. The van der Waals surface area contributed by atoms with Gasteiger partial charge in [0.25, 0.3) is 0 Å². The fourth-order valence-corrected chi connectivity index (χ4v) is 3.65. The summed E-state index contributed by atoms with van der Waals surface area (Å²) in [6.07, 6.45) is -4.68. The Balaban J connectivity index is 1.73. The number of methoxy groups -OCH3 is 1. The lowest BCUT2D eigenvalue weighted by Gasteiger charge is -2.27. The Morgan fingerprint density at radius 3 is 2.43 bits per heavy atom. The van der Waals surface area contributed by atoms with Gasteiger partial charge in [-0.3, -0.25) is 9.69 Å². The van der Waals surface area contributed by atoms with Crippen LogP contribution in [-0.4, -0.2) is 48.3 Å². The maximum absolute atomic E-state index is 12.8. The van der Waals surface area contributed by atoms with E-state index in [-0.39, 0.29) is 0 Å².